The van der Waals surface area contributed by atoms with Gasteiger partial charge in [0.05, 0.1) is 0 Å². The number of carbonyl (C=O) groups is 1. The molecule has 1 amide bonds. The number of nitrogens with one attached hydrogen (secondary N) is 1. The minimum atomic E-state index is -0.0864. The summed E-state index contributed by atoms with van der Waals surface area (Å²) in [4.78, 5) is 14.6. The Kier molecular flexibility index (Phi) is 6.38. The number of hydrogen-bond acceptors (Lipinski definition) is 3. The van der Waals surface area contributed by atoms with Crippen molar-refractivity contribution in [2.45, 2.75) is 52.0 Å². The second-order valence-corrected chi connectivity index (χ2v) is 8.56. The van der Waals surface area contributed by atoms with Crippen LogP contribution in [-0.4, -0.2) is 25.6 Å². The second-order valence-electron chi connectivity index (χ2n) is 8.56. The van der Waals surface area contributed by atoms with E-state index in [-0.39, 0.29) is 12.5 Å². The number of rotatable bonds is 6. The average molecular weight is 393 g/mol. The zero-order valence-corrected chi connectivity index (χ0v) is 17.5. The Labute approximate surface area is 174 Å². The van der Waals surface area contributed by atoms with Crippen LogP contribution in [0.2, 0.25) is 0 Å². The molecule has 0 unspecified atom stereocenters. The summed E-state index contributed by atoms with van der Waals surface area (Å²) >= 11 is 0. The molecule has 1 saturated heterocycles. The Morgan fingerprint density at radius 2 is 1.86 bits per heavy atom. The molecule has 1 aliphatic heterocycles. The first kappa shape index (κ1) is 19.8. The number of anilines is 1. The fraction of sp³-hybridized carbons (Fsp3) is 0.480. The molecular formula is C25H32N2O2. The van der Waals surface area contributed by atoms with Crippen LogP contribution in [0.5, 0.6) is 5.75 Å². The van der Waals surface area contributed by atoms with Crippen LogP contribution in [0.4, 0.5) is 5.69 Å². The van der Waals surface area contributed by atoms with E-state index < -0.39 is 0 Å². The Morgan fingerprint density at radius 3 is 2.66 bits per heavy atom. The molecule has 0 bridgehead atoms. The first-order valence-electron chi connectivity index (χ1n) is 11.0. The maximum atomic E-state index is 12.2. The van der Waals surface area contributed by atoms with Crippen LogP contribution in [0.25, 0.3) is 0 Å². The number of aryl methyl sites for hydroxylation is 2. The minimum absolute atomic E-state index is 0.0581. The molecule has 2 aromatic rings. The maximum absolute atomic E-state index is 12.2. The predicted molar refractivity (Wildman–Crippen MR) is 117 cm³/mol. The van der Waals surface area contributed by atoms with Gasteiger partial charge in [0.2, 0.25) is 0 Å². The second kappa shape index (κ2) is 9.34. The van der Waals surface area contributed by atoms with Gasteiger partial charge < -0.3 is 15.0 Å². The zero-order valence-electron chi connectivity index (χ0n) is 17.5. The molecule has 1 N–H and O–H groups in total. The Balaban J connectivity index is 1.23. The largest absolute Gasteiger partial charge is 0.484 e. The standard InChI is InChI=1S/C25H32N2O2/c1-19-5-4-14-27(17-19)23-11-8-20(9-12-23)16-26-25(28)18-29-24-13-10-21-6-2-3-7-22(21)15-24/h8-13,15,19H,2-7,14,16-18H2,1H3,(H,26,28)/t19-/m0/s1. The summed E-state index contributed by atoms with van der Waals surface area (Å²) in [6.45, 7) is 5.18. The highest BCUT2D eigenvalue weighted by Gasteiger charge is 2.16. The van der Waals surface area contributed by atoms with Crippen LogP contribution in [0.15, 0.2) is 42.5 Å². The third-order valence-electron chi connectivity index (χ3n) is 6.14. The quantitative estimate of drug-likeness (QED) is 0.787. The molecular weight excluding hydrogens is 360 g/mol. The van der Waals surface area contributed by atoms with Gasteiger partial charge in [0.1, 0.15) is 5.75 Å². The molecule has 2 aliphatic rings. The van der Waals surface area contributed by atoms with Crippen molar-refractivity contribution in [2.75, 3.05) is 24.6 Å². The van der Waals surface area contributed by atoms with Gasteiger partial charge in [-0.25, -0.2) is 0 Å². The van der Waals surface area contributed by atoms with Crippen LogP contribution in [0.1, 0.15) is 49.3 Å². The van der Waals surface area contributed by atoms with E-state index >= 15 is 0 Å². The fourth-order valence-electron chi connectivity index (χ4n) is 4.45. The van der Waals surface area contributed by atoms with Crippen molar-refractivity contribution in [2.24, 2.45) is 5.92 Å². The minimum Gasteiger partial charge on any atom is -0.484 e. The summed E-state index contributed by atoms with van der Waals surface area (Å²) in [7, 11) is 0. The zero-order chi connectivity index (χ0) is 20.1. The summed E-state index contributed by atoms with van der Waals surface area (Å²) < 4.78 is 5.71. The summed E-state index contributed by atoms with van der Waals surface area (Å²) in [6, 6.07) is 14.8. The van der Waals surface area contributed by atoms with Gasteiger partial charge in [0, 0.05) is 25.3 Å². The highest BCUT2D eigenvalue weighted by Crippen LogP contribution is 2.25. The normalized spacial score (nSPS) is 18.8. The maximum Gasteiger partial charge on any atom is 0.258 e. The van der Waals surface area contributed by atoms with Crippen molar-refractivity contribution in [3.05, 3.63) is 59.2 Å². The number of amides is 1. The van der Waals surface area contributed by atoms with Crippen molar-refractivity contribution in [3.8, 4) is 5.75 Å². The number of piperidine rings is 1. The van der Waals surface area contributed by atoms with E-state index in [4.69, 9.17) is 4.74 Å². The van der Waals surface area contributed by atoms with Gasteiger partial charge in [0.25, 0.3) is 5.91 Å². The van der Waals surface area contributed by atoms with Crippen molar-refractivity contribution in [3.63, 3.8) is 0 Å². The number of nitrogens with zero attached hydrogens (tertiary/aromatic N) is 1. The molecule has 4 rings (SSSR count). The van der Waals surface area contributed by atoms with Crippen LogP contribution in [0, 0.1) is 5.92 Å². The van der Waals surface area contributed by atoms with E-state index in [0.29, 0.717) is 6.54 Å². The number of hydrogen-bond donors (Lipinski definition) is 1. The lowest BCUT2D eigenvalue weighted by Crippen LogP contribution is -2.34. The Bertz CT molecular complexity index is 831. The lowest BCUT2D eigenvalue weighted by atomic mass is 9.92. The summed E-state index contributed by atoms with van der Waals surface area (Å²) in [5.74, 6) is 1.47. The fourth-order valence-corrected chi connectivity index (χ4v) is 4.45. The summed E-state index contributed by atoms with van der Waals surface area (Å²) in [6.07, 6.45) is 7.38. The van der Waals surface area contributed by atoms with Gasteiger partial charge in [-0.1, -0.05) is 25.1 Å². The van der Waals surface area contributed by atoms with E-state index in [9.17, 15) is 4.79 Å². The van der Waals surface area contributed by atoms with Gasteiger partial charge in [-0.15, -0.1) is 0 Å². The molecule has 1 atom stereocenters. The van der Waals surface area contributed by atoms with E-state index in [0.717, 1.165) is 43.2 Å². The topological polar surface area (TPSA) is 41.6 Å². The molecule has 1 heterocycles. The van der Waals surface area contributed by atoms with E-state index in [1.807, 2.05) is 6.07 Å². The Morgan fingerprint density at radius 1 is 1.07 bits per heavy atom. The molecule has 0 radical (unpaired) electrons. The summed E-state index contributed by atoms with van der Waals surface area (Å²) in [5.41, 5.74) is 5.19. The SMILES string of the molecule is C[C@H]1CCCN(c2ccc(CNC(=O)COc3ccc4c(c3)CCCC4)cc2)C1. The molecule has 1 aliphatic carbocycles. The predicted octanol–water partition coefficient (Wildman–Crippen LogP) is 4.50. The molecule has 2 aromatic carbocycles. The highest BCUT2D eigenvalue weighted by molar-refractivity contribution is 5.77. The lowest BCUT2D eigenvalue weighted by molar-refractivity contribution is -0.123. The highest BCUT2D eigenvalue weighted by atomic mass is 16.5. The molecule has 4 heteroatoms. The average Bonchev–Trinajstić information content (AvgIpc) is 2.76. The van der Waals surface area contributed by atoms with Crippen molar-refractivity contribution < 1.29 is 9.53 Å². The van der Waals surface area contributed by atoms with Crippen molar-refractivity contribution >= 4 is 11.6 Å². The first-order chi connectivity index (χ1) is 14.2. The first-order valence-corrected chi connectivity index (χ1v) is 11.0. The molecule has 4 nitrogen and oxygen atoms in total. The lowest BCUT2D eigenvalue weighted by Gasteiger charge is -2.32. The number of benzene rings is 2. The van der Waals surface area contributed by atoms with Crippen molar-refractivity contribution in [1.29, 1.82) is 0 Å². The number of fused-ring (bicyclic) bond motifs is 1. The van der Waals surface area contributed by atoms with Crippen LogP contribution in [-0.2, 0) is 24.2 Å². The monoisotopic (exact) mass is 392 g/mol. The number of carbonyl (C=O) groups excluding carboxylic acids is 1. The van der Waals surface area contributed by atoms with Gasteiger partial charge in [-0.2, -0.15) is 0 Å². The van der Waals surface area contributed by atoms with Crippen molar-refractivity contribution in [1.82, 2.24) is 5.32 Å². The van der Waals surface area contributed by atoms with Crippen LogP contribution >= 0.6 is 0 Å². The van der Waals surface area contributed by atoms with E-state index in [1.54, 1.807) is 0 Å². The van der Waals surface area contributed by atoms with E-state index in [2.05, 4.69) is 53.5 Å². The molecule has 0 aromatic heterocycles. The van der Waals surface area contributed by atoms with Gasteiger partial charge in [0.15, 0.2) is 6.61 Å². The van der Waals surface area contributed by atoms with Gasteiger partial charge in [-0.05, 0) is 85.4 Å². The third kappa shape index (κ3) is 5.31. The number of ether oxygens (including phenoxy) is 1. The smallest absolute Gasteiger partial charge is 0.258 e. The molecule has 0 spiro atoms. The molecule has 1 fully saturated rings. The molecule has 29 heavy (non-hydrogen) atoms. The van der Waals surface area contributed by atoms with Gasteiger partial charge >= 0.3 is 0 Å². The van der Waals surface area contributed by atoms with E-state index in [1.165, 1.54) is 42.5 Å². The Hall–Kier alpha value is -2.49. The van der Waals surface area contributed by atoms with Gasteiger partial charge in [-0.3, -0.25) is 4.79 Å². The van der Waals surface area contributed by atoms with Crippen LogP contribution in [0.3, 0.4) is 0 Å². The molecule has 154 valence electrons. The third-order valence-corrected chi connectivity index (χ3v) is 6.14. The molecule has 0 saturated carbocycles. The van der Waals surface area contributed by atoms with Crippen LogP contribution < -0.4 is 15.0 Å². The summed E-state index contributed by atoms with van der Waals surface area (Å²) in [5, 5.41) is 2.96.